The van der Waals surface area contributed by atoms with Gasteiger partial charge in [0, 0.05) is 50.9 Å². The molecule has 0 aromatic heterocycles. The van der Waals surface area contributed by atoms with Crippen LogP contribution in [-0.4, -0.2) is 60.9 Å². The number of carbonyl (C=O) groups is 2. The number of hydrogen-bond acceptors (Lipinski definition) is 3. The Morgan fingerprint density at radius 1 is 1.04 bits per heavy atom. The number of nitrogens with zero attached hydrogens (tertiary/aromatic N) is 3. The number of aryl methyl sites for hydroxylation is 1. The average Bonchev–Trinajstić information content (AvgIpc) is 2.67. The lowest BCUT2D eigenvalue weighted by Gasteiger charge is -2.40. The fraction of sp³-hybridized carbons (Fsp3) is 0.619. The van der Waals surface area contributed by atoms with Gasteiger partial charge >= 0.3 is 0 Å². The van der Waals surface area contributed by atoms with Gasteiger partial charge in [-0.1, -0.05) is 26.0 Å². The number of benzene rings is 1. The zero-order chi connectivity index (χ0) is 18.7. The minimum Gasteiger partial charge on any atom is -0.368 e. The lowest BCUT2D eigenvalue weighted by molar-refractivity contribution is -0.142. The maximum atomic E-state index is 13.0. The van der Waals surface area contributed by atoms with Crippen LogP contribution in [0.4, 0.5) is 5.69 Å². The maximum absolute atomic E-state index is 13.0. The molecule has 0 spiro atoms. The molecule has 3 rings (SSSR count). The van der Waals surface area contributed by atoms with Crippen molar-refractivity contribution in [2.24, 2.45) is 11.8 Å². The second-order valence-electron chi connectivity index (χ2n) is 7.93. The Bertz CT molecular complexity index is 650. The predicted octanol–water partition coefficient (Wildman–Crippen LogP) is 2.54. The highest BCUT2D eigenvalue weighted by Crippen LogP contribution is 2.23. The molecule has 1 atom stereocenters. The quantitative estimate of drug-likeness (QED) is 0.835. The zero-order valence-electron chi connectivity index (χ0n) is 16.3. The summed E-state index contributed by atoms with van der Waals surface area (Å²) in [6, 6.07) is 8.54. The van der Waals surface area contributed by atoms with E-state index in [4.69, 9.17) is 0 Å². The first-order chi connectivity index (χ1) is 12.5. The van der Waals surface area contributed by atoms with Gasteiger partial charge in [-0.2, -0.15) is 0 Å². The molecule has 0 unspecified atom stereocenters. The van der Waals surface area contributed by atoms with Crippen molar-refractivity contribution in [3.8, 4) is 0 Å². The van der Waals surface area contributed by atoms with Crippen molar-refractivity contribution < 1.29 is 9.59 Å². The first kappa shape index (κ1) is 18.7. The van der Waals surface area contributed by atoms with E-state index < -0.39 is 0 Å². The molecule has 1 aromatic rings. The molecule has 2 heterocycles. The highest BCUT2D eigenvalue weighted by molar-refractivity contribution is 5.82. The van der Waals surface area contributed by atoms with Gasteiger partial charge in [0.1, 0.15) is 0 Å². The highest BCUT2D eigenvalue weighted by atomic mass is 16.2. The summed E-state index contributed by atoms with van der Waals surface area (Å²) >= 11 is 0. The molecule has 0 bridgehead atoms. The third-order valence-corrected chi connectivity index (χ3v) is 5.53. The summed E-state index contributed by atoms with van der Waals surface area (Å²) in [5, 5.41) is 0. The Balaban J connectivity index is 1.55. The standard InChI is InChI=1S/C21H31N3O2/c1-16(2)20(25)24-9-5-7-18(15-24)21(26)23-12-10-22(11-13-23)19-8-4-6-17(3)14-19/h4,6,8,14,16,18H,5,7,9-13,15H2,1-3H3/t18-/m0/s1. The normalized spacial score (nSPS) is 21.2. The minimum atomic E-state index is -0.0306. The molecule has 2 saturated heterocycles. The molecule has 5 heteroatoms. The fourth-order valence-corrected chi connectivity index (χ4v) is 4.01. The van der Waals surface area contributed by atoms with Gasteiger partial charge in [0.15, 0.2) is 0 Å². The maximum Gasteiger partial charge on any atom is 0.227 e. The van der Waals surface area contributed by atoms with Crippen molar-refractivity contribution in [3.63, 3.8) is 0 Å². The molecular weight excluding hydrogens is 326 g/mol. The third kappa shape index (κ3) is 4.19. The topological polar surface area (TPSA) is 43.9 Å². The van der Waals surface area contributed by atoms with Crippen LogP contribution >= 0.6 is 0 Å². The number of anilines is 1. The number of rotatable bonds is 3. The van der Waals surface area contributed by atoms with E-state index in [2.05, 4.69) is 36.1 Å². The van der Waals surface area contributed by atoms with E-state index in [1.165, 1.54) is 11.3 Å². The Hall–Kier alpha value is -2.04. The Labute approximate surface area is 156 Å². The van der Waals surface area contributed by atoms with Crippen LogP contribution in [0.1, 0.15) is 32.3 Å². The van der Waals surface area contributed by atoms with Gasteiger partial charge in [-0.25, -0.2) is 0 Å². The number of amides is 2. The lowest BCUT2D eigenvalue weighted by Crippen LogP contribution is -2.53. The smallest absolute Gasteiger partial charge is 0.227 e. The number of carbonyl (C=O) groups excluding carboxylic acids is 2. The second-order valence-corrected chi connectivity index (χ2v) is 7.93. The van der Waals surface area contributed by atoms with Crippen molar-refractivity contribution in [2.45, 2.75) is 33.6 Å². The van der Waals surface area contributed by atoms with Gasteiger partial charge in [-0.15, -0.1) is 0 Å². The van der Waals surface area contributed by atoms with Gasteiger partial charge in [-0.05, 0) is 37.5 Å². The SMILES string of the molecule is Cc1cccc(N2CCN(C(=O)[C@H]3CCCN(C(=O)C(C)C)C3)CC2)c1. The van der Waals surface area contributed by atoms with Gasteiger partial charge in [0.05, 0.1) is 5.92 Å². The van der Waals surface area contributed by atoms with Crippen LogP contribution in [0, 0.1) is 18.8 Å². The Morgan fingerprint density at radius 2 is 1.77 bits per heavy atom. The van der Waals surface area contributed by atoms with Crippen LogP contribution in [0.2, 0.25) is 0 Å². The average molecular weight is 357 g/mol. The molecule has 2 fully saturated rings. The zero-order valence-corrected chi connectivity index (χ0v) is 16.3. The number of piperidine rings is 1. The molecule has 2 aliphatic rings. The van der Waals surface area contributed by atoms with E-state index in [0.717, 1.165) is 45.6 Å². The van der Waals surface area contributed by atoms with Crippen LogP contribution < -0.4 is 4.90 Å². The molecule has 142 valence electrons. The van der Waals surface area contributed by atoms with Gasteiger partial charge in [0.2, 0.25) is 11.8 Å². The van der Waals surface area contributed by atoms with Gasteiger partial charge < -0.3 is 14.7 Å². The number of piperazine rings is 1. The summed E-state index contributed by atoms with van der Waals surface area (Å²) in [6.07, 6.45) is 1.83. The van der Waals surface area contributed by atoms with Crippen LogP contribution in [0.3, 0.4) is 0 Å². The van der Waals surface area contributed by atoms with Gasteiger partial charge in [0.25, 0.3) is 0 Å². The molecule has 0 N–H and O–H groups in total. The van der Waals surface area contributed by atoms with Crippen molar-refractivity contribution in [1.82, 2.24) is 9.80 Å². The fourth-order valence-electron chi connectivity index (χ4n) is 4.01. The monoisotopic (exact) mass is 357 g/mol. The Kier molecular flexibility index (Phi) is 5.84. The van der Waals surface area contributed by atoms with E-state index >= 15 is 0 Å². The predicted molar refractivity (Wildman–Crippen MR) is 104 cm³/mol. The van der Waals surface area contributed by atoms with Crippen molar-refractivity contribution in [1.29, 1.82) is 0 Å². The van der Waals surface area contributed by atoms with Crippen molar-refractivity contribution in [3.05, 3.63) is 29.8 Å². The summed E-state index contributed by atoms with van der Waals surface area (Å²) in [5.41, 5.74) is 2.50. The molecule has 2 aliphatic heterocycles. The lowest BCUT2D eigenvalue weighted by atomic mass is 9.95. The first-order valence-electron chi connectivity index (χ1n) is 9.85. The second kappa shape index (κ2) is 8.11. The van der Waals surface area contributed by atoms with E-state index in [9.17, 15) is 9.59 Å². The van der Waals surface area contributed by atoms with Crippen LogP contribution in [0.25, 0.3) is 0 Å². The summed E-state index contributed by atoms with van der Waals surface area (Å²) < 4.78 is 0. The largest absolute Gasteiger partial charge is 0.368 e. The molecule has 0 radical (unpaired) electrons. The summed E-state index contributed by atoms with van der Waals surface area (Å²) in [5.74, 6) is 0.376. The van der Waals surface area contributed by atoms with Gasteiger partial charge in [-0.3, -0.25) is 9.59 Å². The number of hydrogen-bond donors (Lipinski definition) is 0. The summed E-state index contributed by atoms with van der Waals surface area (Å²) in [6.45, 7) is 10.6. The molecule has 5 nitrogen and oxygen atoms in total. The number of likely N-dealkylation sites (tertiary alicyclic amines) is 1. The van der Waals surface area contributed by atoms with E-state index in [1.807, 2.05) is 23.6 Å². The first-order valence-corrected chi connectivity index (χ1v) is 9.85. The molecule has 2 amide bonds. The van der Waals surface area contributed by atoms with Crippen molar-refractivity contribution >= 4 is 17.5 Å². The molecule has 1 aromatic carbocycles. The van der Waals surface area contributed by atoms with Crippen LogP contribution in [-0.2, 0) is 9.59 Å². The van der Waals surface area contributed by atoms with Crippen molar-refractivity contribution in [2.75, 3.05) is 44.2 Å². The van der Waals surface area contributed by atoms with Crippen LogP contribution in [0.15, 0.2) is 24.3 Å². The van der Waals surface area contributed by atoms with Crippen LogP contribution in [0.5, 0.6) is 0 Å². The minimum absolute atomic E-state index is 0.00160. The molecule has 26 heavy (non-hydrogen) atoms. The van der Waals surface area contributed by atoms with E-state index in [-0.39, 0.29) is 23.7 Å². The Morgan fingerprint density at radius 3 is 2.42 bits per heavy atom. The van der Waals surface area contributed by atoms with E-state index in [0.29, 0.717) is 6.54 Å². The summed E-state index contributed by atoms with van der Waals surface area (Å²) in [4.78, 5) is 31.5. The highest BCUT2D eigenvalue weighted by Gasteiger charge is 2.33. The summed E-state index contributed by atoms with van der Waals surface area (Å²) in [7, 11) is 0. The van der Waals surface area contributed by atoms with E-state index in [1.54, 1.807) is 0 Å². The molecule has 0 aliphatic carbocycles. The third-order valence-electron chi connectivity index (χ3n) is 5.53. The molecule has 0 saturated carbocycles. The molecular formula is C21H31N3O2.